The summed E-state index contributed by atoms with van der Waals surface area (Å²) in [4.78, 5) is 11.4. The average Bonchev–Trinajstić information content (AvgIpc) is 2.54. The number of rotatable bonds is 4. The van der Waals surface area contributed by atoms with Crippen LogP contribution in [0.2, 0.25) is 5.02 Å². The van der Waals surface area contributed by atoms with Crippen LogP contribution in [0.5, 0.6) is 0 Å². The van der Waals surface area contributed by atoms with E-state index in [1.165, 1.54) is 18.0 Å². The summed E-state index contributed by atoms with van der Waals surface area (Å²) >= 11 is 10.9. The highest BCUT2D eigenvalue weighted by molar-refractivity contribution is 9.10. The predicted octanol–water partition coefficient (Wildman–Crippen LogP) is 5.09. The summed E-state index contributed by atoms with van der Waals surface area (Å²) in [6.07, 6.45) is -0.121. The van der Waals surface area contributed by atoms with E-state index in [4.69, 9.17) is 16.3 Å². The summed E-state index contributed by atoms with van der Waals surface area (Å²) in [5, 5.41) is 11.8. The second-order valence-electron chi connectivity index (χ2n) is 5.27. The van der Waals surface area contributed by atoms with Crippen molar-refractivity contribution >= 4 is 45.2 Å². The van der Waals surface area contributed by atoms with Crippen LogP contribution in [0.4, 0.5) is 5.69 Å². The van der Waals surface area contributed by atoms with Crippen LogP contribution in [-0.2, 0) is 4.74 Å². The van der Waals surface area contributed by atoms with Crippen LogP contribution in [0.15, 0.2) is 51.8 Å². The maximum Gasteiger partial charge on any atom is 0.284 e. The molecule has 1 aliphatic rings. The van der Waals surface area contributed by atoms with Crippen molar-refractivity contribution < 1.29 is 9.66 Å². The molecule has 2 aromatic rings. The van der Waals surface area contributed by atoms with Gasteiger partial charge in [-0.05, 0) is 41.8 Å². The molecule has 1 atom stereocenters. The first-order valence-corrected chi connectivity index (χ1v) is 9.21. The fraction of sp³-hybridized carbons (Fsp3) is 0.250. The third-order valence-corrected chi connectivity index (χ3v) is 5.38. The molecule has 1 fully saturated rings. The Labute approximate surface area is 157 Å². The third kappa shape index (κ3) is 4.29. The van der Waals surface area contributed by atoms with E-state index < -0.39 is 0 Å². The van der Waals surface area contributed by atoms with E-state index in [1.807, 2.05) is 18.2 Å². The molecule has 1 saturated heterocycles. The molecule has 1 heterocycles. The quantitative estimate of drug-likeness (QED) is 0.385. The number of hydrogen-bond acceptors (Lipinski definition) is 5. The van der Waals surface area contributed by atoms with Gasteiger partial charge in [0, 0.05) is 28.7 Å². The standard InChI is InChI=1S/C16H14BrClN2O3S/c17-12-7-11(8-13(18)9-12)15-10-19(5-6-23-15)24-16-4-2-1-3-14(16)20(21)22/h1-4,7-9,15H,5-6,10H2. The van der Waals surface area contributed by atoms with Crippen LogP contribution in [0.25, 0.3) is 0 Å². The molecule has 0 spiro atoms. The van der Waals surface area contributed by atoms with Crippen LogP contribution in [0, 0.1) is 10.1 Å². The van der Waals surface area contributed by atoms with Crippen LogP contribution in [-0.4, -0.2) is 28.9 Å². The second kappa shape index (κ2) is 7.84. The van der Waals surface area contributed by atoms with Crippen molar-refractivity contribution in [2.45, 2.75) is 11.0 Å². The lowest BCUT2D eigenvalue weighted by molar-refractivity contribution is -0.387. The number of morpholine rings is 1. The Morgan fingerprint density at radius 3 is 2.88 bits per heavy atom. The van der Waals surface area contributed by atoms with Crippen molar-refractivity contribution in [3.8, 4) is 0 Å². The van der Waals surface area contributed by atoms with E-state index in [9.17, 15) is 10.1 Å². The molecule has 24 heavy (non-hydrogen) atoms. The van der Waals surface area contributed by atoms with Crippen LogP contribution in [0.1, 0.15) is 11.7 Å². The SMILES string of the molecule is O=[N+]([O-])c1ccccc1SN1CCOC(c2cc(Cl)cc(Br)c2)C1. The van der Waals surface area contributed by atoms with Crippen molar-refractivity contribution in [3.63, 3.8) is 0 Å². The van der Waals surface area contributed by atoms with Gasteiger partial charge in [0.05, 0.1) is 17.6 Å². The third-order valence-electron chi connectivity index (χ3n) is 3.58. The molecule has 2 aromatic carbocycles. The van der Waals surface area contributed by atoms with Crippen molar-refractivity contribution in [1.29, 1.82) is 0 Å². The number of para-hydroxylation sites is 1. The number of benzene rings is 2. The molecule has 1 unspecified atom stereocenters. The first-order valence-electron chi connectivity index (χ1n) is 7.27. The van der Waals surface area contributed by atoms with Gasteiger partial charge in [0.1, 0.15) is 4.90 Å². The Bertz CT molecular complexity index is 742. The topological polar surface area (TPSA) is 55.6 Å². The van der Waals surface area contributed by atoms with E-state index >= 15 is 0 Å². The monoisotopic (exact) mass is 428 g/mol. The highest BCUT2D eigenvalue weighted by Crippen LogP contribution is 2.35. The first-order chi connectivity index (χ1) is 11.5. The minimum atomic E-state index is -0.353. The van der Waals surface area contributed by atoms with E-state index in [1.54, 1.807) is 18.2 Å². The molecular formula is C16H14BrClN2O3S. The summed E-state index contributed by atoms with van der Waals surface area (Å²) in [5.41, 5.74) is 1.11. The number of halogens is 2. The van der Waals surface area contributed by atoms with E-state index in [2.05, 4.69) is 20.2 Å². The van der Waals surface area contributed by atoms with E-state index in [0.717, 1.165) is 10.0 Å². The minimum Gasteiger partial charge on any atom is -0.371 e. The van der Waals surface area contributed by atoms with Gasteiger partial charge in [0.25, 0.3) is 5.69 Å². The zero-order valence-electron chi connectivity index (χ0n) is 12.5. The molecule has 3 rings (SSSR count). The lowest BCUT2D eigenvalue weighted by atomic mass is 10.1. The Morgan fingerprint density at radius 1 is 1.33 bits per heavy atom. The fourth-order valence-corrected chi connectivity index (χ4v) is 4.41. The predicted molar refractivity (Wildman–Crippen MR) is 98.4 cm³/mol. The maximum absolute atomic E-state index is 11.2. The molecule has 0 amide bonds. The zero-order chi connectivity index (χ0) is 17.1. The van der Waals surface area contributed by atoms with Crippen molar-refractivity contribution in [2.75, 3.05) is 19.7 Å². The number of hydrogen-bond donors (Lipinski definition) is 0. The summed E-state index contributed by atoms with van der Waals surface area (Å²) in [5.74, 6) is 0. The smallest absolute Gasteiger partial charge is 0.284 e. The normalized spacial score (nSPS) is 18.5. The highest BCUT2D eigenvalue weighted by atomic mass is 79.9. The van der Waals surface area contributed by atoms with E-state index in [-0.39, 0.29) is 16.7 Å². The van der Waals surface area contributed by atoms with E-state index in [0.29, 0.717) is 29.6 Å². The van der Waals surface area contributed by atoms with Gasteiger partial charge in [-0.2, -0.15) is 0 Å². The minimum absolute atomic E-state index is 0.121. The number of ether oxygens (including phenoxy) is 1. The maximum atomic E-state index is 11.2. The van der Waals surface area contributed by atoms with Gasteiger partial charge in [-0.15, -0.1) is 0 Å². The molecule has 1 aliphatic heterocycles. The fourth-order valence-electron chi connectivity index (χ4n) is 2.50. The Kier molecular flexibility index (Phi) is 5.78. The van der Waals surface area contributed by atoms with Gasteiger partial charge < -0.3 is 4.74 Å². The Hall–Kier alpha value is -1.12. The van der Waals surface area contributed by atoms with Gasteiger partial charge in [-0.25, -0.2) is 4.31 Å². The first kappa shape index (κ1) is 17.7. The average molecular weight is 430 g/mol. The lowest BCUT2D eigenvalue weighted by Gasteiger charge is -2.32. The van der Waals surface area contributed by atoms with Crippen LogP contribution < -0.4 is 0 Å². The van der Waals surface area contributed by atoms with Crippen molar-refractivity contribution in [2.24, 2.45) is 0 Å². The number of nitro benzene ring substituents is 1. The molecule has 8 heteroatoms. The molecule has 0 N–H and O–H groups in total. The largest absolute Gasteiger partial charge is 0.371 e. The zero-order valence-corrected chi connectivity index (χ0v) is 15.7. The molecule has 0 bridgehead atoms. The van der Waals surface area contributed by atoms with Crippen LogP contribution >= 0.6 is 39.5 Å². The van der Waals surface area contributed by atoms with Gasteiger partial charge in [-0.3, -0.25) is 10.1 Å². The van der Waals surface area contributed by atoms with Gasteiger partial charge >= 0.3 is 0 Å². The Balaban J connectivity index is 1.75. The molecule has 126 valence electrons. The number of nitrogens with zero attached hydrogens (tertiary/aromatic N) is 2. The summed E-state index contributed by atoms with van der Waals surface area (Å²) in [7, 11) is 0. The lowest BCUT2D eigenvalue weighted by Crippen LogP contribution is -2.33. The molecular weight excluding hydrogens is 416 g/mol. The molecule has 0 aliphatic carbocycles. The van der Waals surface area contributed by atoms with Crippen LogP contribution in [0.3, 0.4) is 0 Å². The summed E-state index contributed by atoms with van der Waals surface area (Å²) in [6.45, 7) is 1.89. The number of nitro groups is 1. The summed E-state index contributed by atoms with van der Waals surface area (Å²) < 4.78 is 8.84. The van der Waals surface area contributed by atoms with Gasteiger partial charge in [0.15, 0.2) is 0 Å². The summed E-state index contributed by atoms with van der Waals surface area (Å²) in [6, 6.07) is 12.5. The molecule has 5 nitrogen and oxygen atoms in total. The second-order valence-corrected chi connectivity index (χ2v) is 7.76. The molecule has 0 aromatic heterocycles. The molecule has 0 radical (unpaired) electrons. The van der Waals surface area contributed by atoms with Crippen molar-refractivity contribution in [3.05, 3.63) is 67.6 Å². The molecule has 0 saturated carbocycles. The van der Waals surface area contributed by atoms with Gasteiger partial charge in [0.2, 0.25) is 0 Å². The van der Waals surface area contributed by atoms with Gasteiger partial charge in [-0.1, -0.05) is 39.7 Å². The van der Waals surface area contributed by atoms with Crippen molar-refractivity contribution in [1.82, 2.24) is 4.31 Å². The highest BCUT2D eigenvalue weighted by Gasteiger charge is 2.25. The Morgan fingerprint density at radius 2 is 2.12 bits per heavy atom.